The molecule has 0 N–H and O–H groups in total. The van der Waals surface area contributed by atoms with E-state index in [1.807, 2.05) is 0 Å². The second kappa shape index (κ2) is 3.81. The number of halogens is 1. The van der Waals surface area contributed by atoms with Crippen LogP contribution in [0.5, 0.6) is 0 Å². The zero-order valence-corrected chi connectivity index (χ0v) is 9.85. The van der Waals surface area contributed by atoms with Crippen molar-refractivity contribution in [2.75, 3.05) is 0 Å². The summed E-state index contributed by atoms with van der Waals surface area (Å²) >= 11 is 5.77. The van der Waals surface area contributed by atoms with E-state index in [4.69, 9.17) is 11.6 Å². The van der Waals surface area contributed by atoms with Gasteiger partial charge < -0.3 is 0 Å². The molecule has 2 heterocycles. The topological polar surface area (TPSA) is 77.5 Å². The van der Waals surface area contributed by atoms with Crippen LogP contribution in [0.2, 0.25) is 5.15 Å². The van der Waals surface area contributed by atoms with Crippen LogP contribution in [-0.4, -0.2) is 14.3 Å². The monoisotopic (exact) mass is 253 g/mol. The van der Waals surface area contributed by atoms with Crippen LogP contribution in [-0.2, 0) is 0 Å². The Kier molecular flexibility index (Phi) is 2.59. The van der Waals surface area contributed by atoms with Crippen LogP contribution in [0.4, 0.5) is 5.69 Å². The van der Waals surface area contributed by atoms with E-state index in [9.17, 15) is 14.9 Å². The summed E-state index contributed by atoms with van der Waals surface area (Å²) in [6, 6.07) is 2.81. The fraction of sp³-hybridized carbons (Fsp3) is 0.200. The summed E-state index contributed by atoms with van der Waals surface area (Å²) < 4.78 is 1.19. The van der Waals surface area contributed by atoms with Crippen LogP contribution >= 0.6 is 11.6 Å². The van der Waals surface area contributed by atoms with Gasteiger partial charge in [0.05, 0.1) is 10.5 Å². The normalized spacial score (nSPS) is 10.8. The molecule has 0 unspecified atom stereocenters. The Morgan fingerprint density at radius 3 is 2.65 bits per heavy atom. The molecule has 0 saturated carbocycles. The maximum absolute atomic E-state index is 12.0. The highest BCUT2D eigenvalue weighted by molar-refractivity contribution is 6.30. The second-order valence-corrected chi connectivity index (χ2v) is 3.97. The van der Waals surface area contributed by atoms with Gasteiger partial charge >= 0.3 is 5.69 Å². The van der Waals surface area contributed by atoms with Crippen molar-refractivity contribution in [3.8, 4) is 0 Å². The standard InChI is InChI=1S/C10H8ClN3O3/c1-5-3-4-7(14(16)17)9-12-8(11)6(2)10(15)13(5)9/h3-4H,1-2H3. The van der Waals surface area contributed by atoms with Crippen LogP contribution in [0.3, 0.4) is 0 Å². The highest BCUT2D eigenvalue weighted by atomic mass is 35.5. The SMILES string of the molecule is Cc1c(Cl)nc2c([N+](=O)[O-])ccc(C)n2c1=O. The van der Waals surface area contributed by atoms with E-state index in [-0.39, 0.29) is 27.6 Å². The summed E-state index contributed by atoms with van der Waals surface area (Å²) in [7, 11) is 0. The lowest BCUT2D eigenvalue weighted by Crippen LogP contribution is -2.20. The molecule has 2 aromatic rings. The van der Waals surface area contributed by atoms with Crippen molar-refractivity contribution in [3.63, 3.8) is 0 Å². The third kappa shape index (κ3) is 1.66. The number of rotatable bonds is 1. The van der Waals surface area contributed by atoms with Crippen molar-refractivity contribution in [1.29, 1.82) is 0 Å². The van der Waals surface area contributed by atoms with Crippen LogP contribution in [0.1, 0.15) is 11.3 Å². The molecule has 0 aliphatic carbocycles. The molecule has 0 amide bonds. The Morgan fingerprint density at radius 1 is 1.41 bits per heavy atom. The van der Waals surface area contributed by atoms with Gasteiger partial charge in [0.25, 0.3) is 5.56 Å². The van der Waals surface area contributed by atoms with E-state index in [1.165, 1.54) is 23.5 Å². The molecule has 0 spiro atoms. The van der Waals surface area contributed by atoms with Crippen LogP contribution in [0.25, 0.3) is 5.65 Å². The number of nitro groups is 1. The molecule has 17 heavy (non-hydrogen) atoms. The molecule has 0 fully saturated rings. The van der Waals surface area contributed by atoms with Gasteiger partial charge in [-0.25, -0.2) is 4.98 Å². The molecule has 0 saturated heterocycles. The van der Waals surface area contributed by atoms with Gasteiger partial charge in [-0.05, 0) is 19.9 Å². The summed E-state index contributed by atoms with van der Waals surface area (Å²) in [5.74, 6) is 0. The average molecular weight is 254 g/mol. The maximum Gasteiger partial charge on any atom is 0.312 e. The minimum atomic E-state index is -0.590. The Morgan fingerprint density at radius 2 is 2.06 bits per heavy atom. The largest absolute Gasteiger partial charge is 0.312 e. The van der Waals surface area contributed by atoms with Gasteiger partial charge in [-0.2, -0.15) is 0 Å². The molecule has 0 radical (unpaired) electrons. The number of aryl methyl sites for hydroxylation is 1. The summed E-state index contributed by atoms with van der Waals surface area (Å²) in [4.78, 5) is 26.1. The lowest BCUT2D eigenvalue weighted by Gasteiger charge is -2.06. The van der Waals surface area contributed by atoms with E-state index in [1.54, 1.807) is 6.92 Å². The first kappa shape index (κ1) is 11.5. The average Bonchev–Trinajstić information content (AvgIpc) is 2.25. The Balaban J connectivity index is 3.08. The fourth-order valence-corrected chi connectivity index (χ4v) is 1.73. The summed E-state index contributed by atoms with van der Waals surface area (Å²) in [6.07, 6.45) is 0. The lowest BCUT2D eigenvalue weighted by atomic mass is 10.3. The molecule has 0 aliphatic heterocycles. The Hall–Kier alpha value is -1.95. The van der Waals surface area contributed by atoms with E-state index >= 15 is 0 Å². The number of pyridine rings is 1. The zero-order chi connectivity index (χ0) is 12.7. The predicted octanol–water partition coefficient (Wildman–Crippen LogP) is 1.87. The maximum atomic E-state index is 12.0. The van der Waals surface area contributed by atoms with E-state index in [2.05, 4.69) is 4.98 Å². The predicted molar refractivity (Wildman–Crippen MR) is 62.6 cm³/mol. The van der Waals surface area contributed by atoms with Crippen molar-refractivity contribution in [2.24, 2.45) is 0 Å². The van der Waals surface area contributed by atoms with E-state index in [0.29, 0.717) is 5.69 Å². The number of fused-ring (bicyclic) bond motifs is 1. The van der Waals surface area contributed by atoms with Gasteiger partial charge in [0.15, 0.2) is 0 Å². The first-order chi connectivity index (χ1) is 7.93. The highest BCUT2D eigenvalue weighted by Crippen LogP contribution is 2.20. The molecule has 6 nitrogen and oxygen atoms in total. The molecule has 7 heteroatoms. The second-order valence-electron chi connectivity index (χ2n) is 3.61. The number of nitrogens with zero attached hydrogens (tertiary/aromatic N) is 3. The van der Waals surface area contributed by atoms with Gasteiger partial charge in [0, 0.05) is 11.8 Å². The minimum Gasteiger partial charge on any atom is -0.269 e. The molecule has 0 aromatic carbocycles. The molecular weight excluding hydrogens is 246 g/mol. The van der Waals surface area contributed by atoms with Crippen LogP contribution < -0.4 is 5.56 Å². The highest BCUT2D eigenvalue weighted by Gasteiger charge is 2.18. The fourth-order valence-electron chi connectivity index (χ4n) is 1.57. The molecule has 2 rings (SSSR count). The van der Waals surface area contributed by atoms with Crippen molar-refractivity contribution < 1.29 is 4.92 Å². The number of aromatic nitrogens is 2. The molecule has 2 aromatic heterocycles. The Bertz CT molecular complexity index is 693. The van der Waals surface area contributed by atoms with E-state index < -0.39 is 4.92 Å². The lowest BCUT2D eigenvalue weighted by molar-refractivity contribution is -0.383. The Labute approximate surface area is 101 Å². The summed E-state index contributed by atoms with van der Waals surface area (Å²) in [6.45, 7) is 3.20. The first-order valence-electron chi connectivity index (χ1n) is 4.76. The zero-order valence-electron chi connectivity index (χ0n) is 9.10. The summed E-state index contributed by atoms with van der Waals surface area (Å²) in [5, 5.41) is 10.8. The summed E-state index contributed by atoms with van der Waals surface area (Å²) in [5.41, 5.74) is 0.182. The van der Waals surface area contributed by atoms with E-state index in [0.717, 1.165) is 0 Å². The smallest absolute Gasteiger partial charge is 0.269 e. The third-order valence-corrected chi connectivity index (χ3v) is 2.88. The van der Waals surface area contributed by atoms with Gasteiger partial charge in [0.2, 0.25) is 5.65 Å². The van der Waals surface area contributed by atoms with Crippen molar-refractivity contribution in [3.05, 3.63) is 49.0 Å². The molecule has 0 atom stereocenters. The minimum absolute atomic E-state index is 0.0105. The molecular formula is C10H8ClN3O3. The van der Waals surface area contributed by atoms with Gasteiger partial charge in [-0.1, -0.05) is 11.6 Å². The van der Waals surface area contributed by atoms with Crippen LogP contribution in [0, 0.1) is 24.0 Å². The molecule has 0 aliphatic rings. The first-order valence-corrected chi connectivity index (χ1v) is 5.14. The number of hydrogen-bond donors (Lipinski definition) is 0. The van der Waals surface area contributed by atoms with Gasteiger partial charge in [0.1, 0.15) is 5.15 Å². The van der Waals surface area contributed by atoms with Crippen molar-refractivity contribution in [1.82, 2.24) is 9.38 Å². The van der Waals surface area contributed by atoms with Crippen molar-refractivity contribution in [2.45, 2.75) is 13.8 Å². The van der Waals surface area contributed by atoms with Crippen molar-refractivity contribution >= 4 is 22.9 Å². The number of hydrogen-bond acceptors (Lipinski definition) is 4. The molecule has 0 bridgehead atoms. The van der Waals surface area contributed by atoms with Gasteiger partial charge in [-0.15, -0.1) is 0 Å². The van der Waals surface area contributed by atoms with Gasteiger partial charge in [-0.3, -0.25) is 19.3 Å². The third-order valence-electron chi connectivity index (χ3n) is 2.51. The van der Waals surface area contributed by atoms with Crippen LogP contribution in [0.15, 0.2) is 16.9 Å². The molecule has 88 valence electrons. The quantitative estimate of drug-likeness (QED) is 0.442.